The number of nitrogens with zero attached hydrogens (tertiary/aromatic N) is 2. The molecule has 1 aliphatic heterocycles. The molecule has 2 aromatic rings. The van der Waals surface area contributed by atoms with Crippen LogP contribution in [0.5, 0.6) is 5.75 Å². The Kier molecular flexibility index (Phi) is 6.27. The number of benzene rings is 2. The molecule has 26 heavy (non-hydrogen) atoms. The number of hydrogen-bond donors (Lipinski definition) is 1. The first kappa shape index (κ1) is 18.4. The van der Waals surface area contributed by atoms with Crippen molar-refractivity contribution in [1.82, 2.24) is 10.2 Å². The Balaban J connectivity index is 1.54. The predicted molar refractivity (Wildman–Crippen MR) is 105 cm³/mol. The summed E-state index contributed by atoms with van der Waals surface area (Å²) in [6, 6.07) is 18.7. The SMILES string of the molecule is [C-]#[N+]C1(NCCc2ccc(OC)cc2)CCCN(Cc2ccccc2)C1. The highest BCUT2D eigenvalue weighted by Gasteiger charge is 2.40. The van der Waals surface area contributed by atoms with Crippen molar-refractivity contribution in [2.24, 2.45) is 0 Å². The maximum absolute atomic E-state index is 7.77. The van der Waals surface area contributed by atoms with E-state index in [4.69, 9.17) is 11.3 Å². The lowest BCUT2D eigenvalue weighted by Gasteiger charge is -2.35. The molecule has 0 radical (unpaired) electrons. The highest BCUT2D eigenvalue weighted by Crippen LogP contribution is 2.24. The quantitative estimate of drug-likeness (QED) is 0.772. The third-order valence-corrected chi connectivity index (χ3v) is 5.04. The van der Waals surface area contributed by atoms with E-state index in [1.54, 1.807) is 7.11 Å². The lowest BCUT2D eigenvalue weighted by molar-refractivity contribution is 0.143. The number of methoxy groups -OCH3 is 1. The number of likely N-dealkylation sites (tertiary alicyclic amines) is 1. The summed E-state index contributed by atoms with van der Waals surface area (Å²) in [6.07, 6.45) is 2.90. The fourth-order valence-corrected chi connectivity index (χ4v) is 3.61. The first-order valence-corrected chi connectivity index (χ1v) is 9.26. The molecule has 136 valence electrons. The van der Waals surface area contributed by atoms with Crippen molar-refractivity contribution in [1.29, 1.82) is 0 Å². The molecule has 1 unspecified atom stereocenters. The van der Waals surface area contributed by atoms with E-state index in [1.165, 1.54) is 11.1 Å². The van der Waals surface area contributed by atoms with Crippen molar-refractivity contribution in [3.8, 4) is 5.75 Å². The third-order valence-electron chi connectivity index (χ3n) is 5.04. The van der Waals surface area contributed by atoms with E-state index in [2.05, 4.69) is 51.5 Å². The largest absolute Gasteiger partial charge is 0.497 e. The van der Waals surface area contributed by atoms with Crippen LogP contribution in [0.25, 0.3) is 4.85 Å². The third kappa shape index (κ3) is 4.85. The van der Waals surface area contributed by atoms with Crippen LogP contribution in [0.3, 0.4) is 0 Å². The molecule has 1 heterocycles. The maximum atomic E-state index is 7.77. The van der Waals surface area contributed by atoms with E-state index in [1.807, 2.05) is 18.2 Å². The van der Waals surface area contributed by atoms with Gasteiger partial charge in [0.25, 0.3) is 5.66 Å². The zero-order valence-electron chi connectivity index (χ0n) is 15.4. The average Bonchev–Trinajstić information content (AvgIpc) is 2.69. The normalized spacial score (nSPS) is 20.5. The highest BCUT2D eigenvalue weighted by atomic mass is 16.5. The predicted octanol–water partition coefficient (Wildman–Crippen LogP) is 3.74. The highest BCUT2D eigenvalue weighted by molar-refractivity contribution is 5.27. The van der Waals surface area contributed by atoms with Crippen molar-refractivity contribution in [2.75, 3.05) is 26.7 Å². The minimum atomic E-state index is -0.459. The zero-order valence-corrected chi connectivity index (χ0v) is 15.4. The Bertz CT molecular complexity index is 723. The monoisotopic (exact) mass is 349 g/mol. The fraction of sp³-hybridized carbons (Fsp3) is 0.409. The van der Waals surface area contributed by atoms with Gasteiger partial charge in [0.1, 0.15) is 5.75 Å². The van der Waals surface area contributed by atoms with Crippen LogP contribution in [0.1, 0.15) is 24.0 Å². The summed E-state index contributed by atoms with van der Waals surface area (Å²) in [5.41, 5.74) is 2.11. The molecular formula is C22H27N3O. The zero-order chi connectivity index (χ0) is 18.2. The Morgan fingerprint density at radius 2 is 1.88 bits per heavy atom. The van der Waals surface area contributed by atoms with E-state index in [9.17, 15) is 0 Å². The van der Waals surface area contributed by atoms with Crippen LogP contribution in [0.4, 0.5) is 0 Å². The topological polar surface area (TPSA) is 28.9 Å². The molecule has 3 rings (SSSR count). The van der Waals surface area contributed by atoms with Crippen LogP contribution in [0, 0.1) is 6.57 Å². The van der Waals surface area contributed by atoms with Crippen LogP contribution < -0.4 is 10.1 Å². The van der Waals surface area contributed by atoms with Gasteiger partial charge >= 0.3 is 0 Å². The summed E-state index contributed by atoms with van der Waals surface area (Å²) >= 11 is 0. The molecule has 1 saturated heterocycles. The summed E-state index contributed by atoms with van der Waals surface area (Å²) in [7, 11) is 1.68. The van der Waals surface area contributed by atoms with Crippen LogP contribution in [0.15, 0.2) is 54.6 Å². The van der Waals surface area contributed by atoms with Crippen LogP contribution in [0.2, 0.25) is 0 Å². The van der Waals surface area contributed by atoms with Gasteiger partial charge in [-0.15, -0.1) is 0 Å². The summed E-state index contributed by atoms with van der Waals surface area (Å²) in [6.45, 7) is 11.3. The van der Waals surface area contributed by atoms with Gasteiger partial charge in [-0.25, -0.2) is 11.9 Å². The van der Waals surface area contributed by atoms with Crippen molar-refractivity contribution >= 4 is 0 Å². The van der Waals surface area contributed by atoms with Crippen LogP contribution >= 0.6 is 0 Å². The Labute approximate surface area is 156 Å². The lowest BCUT2D eigenvalue weighted by atomic mass is 9.97. The smallest absolute Gasteiger partial charge is 0.298 e. The molecule has 0 aliphatic carbocycles. The van der Waals surface area contributed by atoms with Gasteiger partial charge in [-0.2, -0.15) is 0 Å². The van der Waals surface area contributed by atoms with Gasteiger partial charge in [-0.1, -0.05) is 42.5 Å². The number of rotatable bonds is 7. The molecule has 0 aromatic heterocycles. The molecule has 0 bridgehead atoms. The van der Waals surface area contributed by atoms with Gasteiger partial charge in [-0.05, 0) is 42.6 Å². The number of hydrogen-bond acceptors (Lipinski definition) is 3. The second-order valence-electron chi connectivity index (χ2n) is 6.97. The maximum Gasteiger partial charge on any atom is 0.298 e. The van der Waals surface area contributed by atoms with Crippen molar-refractivity contribution < 1.29 is 4.74 Å². The molecule has 1 N–H and O–H groups in total. The van der Waals surface area contributed by atoms with E-state index >= 15 is 0 Å². The van der Waals surface area contributed by atoms with E-state index in [-0.39, 0.29) is 0 Å². The molecule has 1 atom stereocenters. The average molecular weight is 349 g/mol. The van der Waals surface area contributed by atoms with Crippen molar-refractivity contribution in [3.63, 3.8) is 0 Å². The molecule has 0 saturated carbocycles. The molecule has 1 aliphatic rings. The summed E-state index contributed by atoms with van der Waals surface area (Å²) in [5, 5.41) is 3.55. The minimum Gasteiger partial charge on any atom is -0.497 e. The number of nitrogens with one attached hydrogen (secondary N) is 1. The van der Waals surface area contributed by atoms with E-state index in [0.29, 0.717) is 0 Å². The summed E-state index contributed by atoms with van der Waals surface area (Å²) in [5.74, 6) is 0.878. The van der Waals surface area contributed by atoms with E-state index < -0.39 is 5.66 Å². The molecule has 4 nitrogen and oxygen atoms in total. The number of piperidine rings is 1. The molecular weight excluding hydrogens is 322 g/mol. The number of ether oxygens (including phenoxy) is 1. The van der Waals surface area contributed by atoms with Gasteiger partial charge in [0.15, 0.2) is 0 Å². The molecule has 2 aromatic carbocycles. The summed E-state index contributed by atoms with van der Waals surface area (Å²) < 4.78 is 5.20. The Hall–Kier alpha value is -2.35. The van der Waals surface area contributed by atoms with E-state index in [0.717, 1.165) is 51.2 Å². The Morgan fingerprint density at radius 3 is 2.58 bits per heavy atom. The van der Waals surface area contributed by atoms with Gasteiger partial charge in [0.2, 0.25) is 0 Å². The molecule has 4 heteroatoms. The minimum absolute atomic E-state index is 0.459. The first-order chi connectivity index (χ1) is 12.7. The Morgan fingerprint density at radius 1 is 1.12 bits per heavy atom. The van der Waals surface area contributed by atoms with Gasteiger partial charge in [-0.3, -0.25) is 9.74 Å². The molecule has 1 fully saturated rings. The van der Waals surface area contributed by atoms with Crippen LogP contribution in [-0.4, -0.2) is 37.3 Å². The van der Waals surface area contributed by atoms with Gasteiger partial charge in [0.05, 0.1) is 13.7 Å². The van der Waals surface area contributed by atoms with Crippen molar-refractivity contribution in [2.45, 2.75) is 31.5 Å². The fourth-order valence-electron chi connectivity index (χ4n) is 3.61. The lowest BCUT2D eigenvalue weighted by Crippen LogP contribution is -2.55. The summed E-state index contributed by atoms with van der Waals surface area (Å²) in [4.78, 5) is 6.41. The van der Waals surface area contributed by atoms with Crippen molar-refractivity contribution in [3.05, 3.63) is 77.1 Å². The molecule has 0 spiro atoms. The van der Waals surface area contributed by atoms with Gasteiger partial charge < -0.3 is 4.74 Å². The standard InChI is InChI=1S/C22H27N3O/c1-23-22(24-15-13-19-9-11-21(26-2)12-10-19)14-6-16-25(18-22)17-20-7-4-3-5-8-20/h3-5,7-12,24H,6,13-18H2,2H3. The second kappa shape index (κ2) is 8.84. The second-order valence-corrected chi connectivity index (χ2v) is 6.97. The first-order valence-electron chi connectivity index (χ1n) is 9.26. The van der Waals surface area contributed by atoms with Crippen LogP contribution in [-0.2, 0) is 13.0 Å². The molecule has 0 amide bonds. The van der Waals surface area contributed by atoms with Gasteiger partial charge in [0, 0.05) is 19.5 Å².